The number of furan rings is 1. The molecule has 0 aliphatic carbocycles. The van der Waals surface area contributed by atoms with E-state index in [1.54, 1.807) is 6.92 Å². The summed E-state index contributed by atoms with van der Waals surface area (Å²) in [5.74, 6) is 1.38. The van der Waals surface area contributed by atoms with Crippen LogP contribution in [0.25, 0.3) is 0 Å². The Kier molecular flexibility index (Phi) is 2.37. The fraction of sp³-hybridized carbons (Fsp3) is 0.231. The van der Waals surface area contributed by atoms with Crippen LogP contribution in [0.15, 0.2) is 46.9 Å². The number of aliphatic hydroxyl groups is 1. The Balaban J connectivity index is 2.43. The predicted octanol–water partition coefficient (Wildman–Crippen LogP) is 2.84. The molecule has 2 rings (SSSR count). The summed E-state index contributed by atoms with van der Waals surface area (Å²) in [5.41, 5.74) is -0.227. The van der Waals surface area contributed by atoms with E-state index in [-0.39, 0.29) is 0 Å². The molecule has 78 valence electrons. The molecular formula is C13H14O2. The van der Waals surface area contributed by atoms with Crippen LogP contribution in [0.2, 0.25) is 0 Å². The molecule has 0 saturated carbocycles. The highest BCUT2D eigenvalue weighted by Crippen LogP contribution is 2.29. The lowest BCUT2D eigenvalue weighted by Gasteiger charge is -2.21. The standard InChI is InChI=1S/C13H14O2/c1-10-8-9-12(15-10)13(2,14)11-6-4-3-5-7-11/h3-9,14H,1-2H3. The maximum Gasteiger partial charge on any atom is 0.144 e. The fourth-order valence-electron chi connectivity index (χ4n) is 1.60. The molecule has 2 nitrogen and oxygen atoms in total. The van der Waals surface area contributed by atoms with Crippen molar-refractivity contribution >= 4 is 0 Å². The average Bonchev–Trinajstić information content (AvgIpc) is 2.67. The first kappa shape index (κ1) is 9.99. The number of hydrogen-bond acceptors (Lipinski definition) is 2. The zero-order chi connectivity index (χ0) is 10.9. The van der Waals surface area contributed by atoms with Gasteiger partial charge in [0.1, 0.15) is 17.1 Å². The van der Waals surface area contributed by atoms with E-state index in [4.69, 9.17) is 4.42 Å². The van der Waals surface area contributed by atoms with Crippen LogP contribution >= 0.6 is 0 Å². The van der Waals surface area contributed by atoms with Crippen molar-refractivity contribution in [3.63, 3.8) is 0 Å². The Morgan fingerprint density at radius 1 is 1.07 bits per heavy atom. The monoisotopic (exact) mass is 202 g/mol. The molecule has 15 heavy (non-hydrogen) atoms. The van der Waals surface area contributed by atoms with Crippen molar-refractivity contribution in [3.05, 3.63) is 59.5 Å². The summed E-state index contributed by atoms with van der Waals surface area (Å²) in [6.07, 6.45) is 0. The molecule has 0 radical (unpaired) electrons. The van der Waals surface area contributed by atoms with Crippen molar-refractivity contribution in [2.75, 3.05) is 0 Å². The second-order valence-electron chi connectivity index (χ2n) is 3.85. The van der Waals surface area contributed by atoms with Crippen LogP contribution in [0.5, 0.6) is 0 Å². The van der Waals surface area contributed by atoms with Crippen molar-refractivity contribution in [1.29, 1.82) is 0 Å². The molecule has 0 saturated heterocycles. The second-order valence-corrected chi connectivity index (χ2v) is 3.85. The second kappa shape index (κ2) is 3.55. The van der Waals surface area contributed by atoms with Gasteiger partial charge in [0, 0.05) is 0 Å². The number of hydrogen-bond donors (Lipinski definition) is 1. The molecule has 1 aromatic heterocycles. The van der Waals surface area contributed by atoms with E-state index in [1.807, 2.05) is 49.4 Å². The molecule has 0 spiro atoms. The Bertz CT molecular complexity index is 441. The summed E-state index contributed by atoms with van der Waals surface area (Å²) in [4.78, 5) is 0. The molecule has 0 fully saturated rings. The largest absolute Gasteiger partial charge is 0.463 e. The van der Waals surface area contributed by atoms with Gasteiger partial charge in [-0.1, -0.05) is 30.3 Å². The molecular weight excluding hydrogens is 188 g/mol. The Morgan fingerprint density at radius 3 is 2.27 bits per heavy atom. The lowest BCUT2D eigenvalue weighted by atomic mass is 9.94. The van der Waals surface area contributed by atoms with E-state index in [2.05, 4.69) is 0 Å². The maximum absolute atomic E-state index is 10.4. The summed E-state index contributed by atoms with van der Waals surface area (Å²) in [6.45, 7) is 3.60. The highest BCUT2D eigenvalue weighted by molar-refractivity contribution is 5.30. The van der Waals surface area contributed by atoms with Gasteiger partial charge in [0.25, 0.3) is 0 Å². The Labute approximate surface area is 89.2 Å². The third-order valence-electron chi connectivity index (χ3n) is 2.56. The van der Waals surface area contributed by atoms with Gasteiger partial charge in [-0.3, -0.25) is 0 Å². The molecule has 1 atom stereocenters. The SMILES string of the molecule is Cc1ccc(C(C)(O)c2ccccc2)o1. The quantitative estimate of drug-likeness (QED) is 0.812. The minimum absolute atomic E-state index is 0.575. The van der Waals surface area contributed by atoms with E-state index >= 15 is 0 Å². The van der Waals surface area contributed by atoms with E-state index in [0.717, 1.165) is 11.3 Å². The van der Waals surface area contributed by atoms with Crippen molar-refractivity contribution in [1.82, 2.24) is 0 Å². The van der Waals surface area contributed by atoms with Crippen LogP contribution in [0.1, 0.15) is 24.0 Å². The highest BCUT2D eigenvalue weighted by atomic mass is 16.4. The van der Waals surface area contributed by atoms with Gasteiger partial charge in [0.05, 0.1) is 0 Å². The molecule has 1 N–H and O–H groups in total. The van der Waals surface area contributed by atoms with Crippen LogP contribution in [0.4, 0.5) is 0 Å². The van der Waals surface area contributed by atoms with Gasteiger partial charge in [-0.25, -0.2) is 0 Å². The minimum atomic E-state index is -1.06. The lowest BCUT2D eigenvalue weighted by molar-refractivity contribution is 0.0758. The van der Waals surface area contributed by atoms with Crippen molar-refractivity contribution in [3.8, 4) is 0 Å². The molecule has 0 amide bonds. The van der Waals surface area contributed by atoms with Crippen molar-refractivity contribution in [2.45, 2.75) is 19.4 Å². The summed E-state index contributed by atoms with van der Waals surface area (Å²) < 4.78 is 5.45. The smallest absolute Gasteiger partial charge is 0.144 e. The predicted molar refractivity (Wildman–Crippen MR) is 58.6 cm³/mol. The molecule has 0 bridgehead atoms. The summed E-state index contributed by atoms with van der Waals surface area (Å²) in [6, 6.07) is 13.2. The Morgan fingerprint density at radius 2 is 1.73 bits per heavy atom. The normalized spacial score (nSPS) is 14.9. The molecule has 2 aromatic rings. The van der Waals surface area contributed by atoms with Crippen LogP contribution in [-0.2, 0) is 5.60 Å². The summed E-state index contributed by atoms with van der Waals surface area (Å²) in [7, 11) is 0. The third-order valence-corrected chi connectivity index (χ3v) is 2.56. The van der Waals surface area contributed by atoms with Gasteiger partial charge in [-0.15, -0.1) is 0 Å². The summed E-state index contributed by atoms with van der Waals surface area (Å²) >= 11 is 0. The van der Waals surface area contributed by atoms with Crippen LogP contribution in [-0.4, -0.2) is 5.11 Å². The van der Waals surface area contributed by atoms with Gasteiger partial charge < -0.3 is 9.52 Å². The zero-order valence-electron chi connectivity index (χ0n) is 8.90. The average molecular weight is 202 g/mol. The van der Waals surface area contributed by atoms with Crippen LogP contribution < -0.4 is 0 Å². The first-order valence-electron chi connectivity index (χ1n) is 4.95. The number of rotatable bonds is 2. The Hall–Kier alpha value is -1.54. The molecule has 0 aliphatic heterocycles. The van der Waals surface area contributed by atoms with Crippen molar-refractivity contribution in [2.24, 2.45) is 0 Å². The number of aryl methyl sites for hydroxylation is 1. The van der Waals surface area contributed by atoms with Gasteiger partial charge in [-0.05, 0) is 31.5 Å². The topological polar surface area (TPSA) is 33.4 Å². The van der Waals surface area contributed by atoms with E-state index in [9.17, 15) is 5.11 Å². The van der Waals surface area contributed by atoms with E-state index in [0.29, 0.717) is 5.76 Å². The maximum atomic E-state index is 10.4. The lowest BCUT2D eigenvalue weighted by Crippen LogP contribution is -2.21. The molecule has 0 aliphatic rings. The van der Waals surface area contributed by atoms with Crippen LogP contribution in [0.3, 0.4) is 0 Å². The highest BCUT2D eigenvalue weighted by Gasteiger charge is 2.28. The van der Waals surface area contributed by atoms with E-state index < -0.39 is 5.60 Å². The first-order valence-corrected chi connectivity index (χ1v) is 4.95. The van der Waals surface area contributed by atoms with Gasteiger partial charge >= 0.3 is 0 Å². The summed E-state index contributed by atoms with van der Waals surface area (Å²) in [5, 5.41) is 10.4. The van der Waals surface area contributed by atoms with Crippen molar-refractivity contribution < 1.29 is 9.52 Å². The molecule has 1 unspecified atom stereocenters. The third kappa shape index (κ3) is 1.81. The van der Waals surface area contributed by atoms with Gasteiger partial charge in [-0.2, -0.15) is 0 Å². The zero-order valence-corrected chi connectivity index (χ0v) is 8.90. The van der Waals surface area contributed by atoms with E-state index in [1.165, 1.54) is 0 Å². The van der Waals surface area contributed by atoms with Gasteiger partial charge in [0.2, 0.25) is 0 Å². The van der Waals surface area contributed by atoms with Crippen LogP contribution in [0, 0.1) is 6.92 Å². The first-order chi connectivity index (χ1) is 7.10. The fourth-order valence-corrected chi connectivity index (χ4v) is 1.60. The molecule has 1 heterocycles. The molecule has 2 heteroatoms. The minimum Gasteiger partial charge on any atom is -0.463 e. The molecule has 1 aromatic carbocycles. The van der Waals surface area contributed by atoms with Gasteiger partial charge in [0.15, 0.2) is 0 Å². The number of benzene rings is 1.